The van der Waals surface area contributed by atoms with E-state index in [1.165, 1.54) is 12.4 Å². The Labute approximate surface area is 77.2 Å². The number of carbonyl (C=O) groups excluding carboxylic acids is 1. The minimum atomic E-state index is -0.426. The number of aromatic nitrogens is 2. The van der Waals surface area contributed by atoms with Gasteiger partial charge in [-0.15, -0.1) is 0 Å². The fraction of sp³-hybridized carbons (Fsp3) is 0.444. The van der Waals surface area contributed by atoms with E-state index in [9.17, 15) is 4.79 Å². The van der Waals surface area contributed by atoms with Gasteiger partial charge in [0, 0.05) is 5.41 Å². The second kappa shape index (κ2) is 3.12. The zero-order chi connectivity index (χ0) is 10.1. The molecule has 1 aromatic heterocycles. The van der Waals surface area contributed by atoms with E-state index in [2.05, 4.69) is 9.97 Å². The maximum Gasteiger partial charge on any atom is 0.188 e. The first kappa shape index (κ1) is 9.64. The van der Waals surface area contributed by atoms with Gasteiger partial charge in [0.25, 0.3) is 0 Å². The lowest BCUT2D eigenvalue weighted by molar-refractivity contribution is 0.0852. The molecule has 4 heteroatoms. The summed E-state index contributed by atoms with van der Waals surface area (Å²) in [5, 5.41) is 0. The lowest BCUT2D eigenvalue weighted by atomic mass is 9.89. The van der Waals surface area contributed by atoms with Crippen molar-refractivity contribution in [3.8, 4) is 0 Å². The lowest BCUT2D eigenvalue weighted by Gasteiger charge is -2.15. The molecule has 1 aromatic rings. The Balaban J connectivity index is 2.97. The van der Waals surface area contributed by atoms with Crippen LogP contribution in [-0.2, 0) is 0 Å². The molecule has 0 radical (unpaired) electrons. The second-order valence-corrected chi connectivity index (χ2v) is 3.91. The minimum absolute atomic E-state index is 0.0278. The van der Waals surface area contributed by atoms with E-state index in [1.54, 1.807) is 0 Å². The van der Waals surface area contributed by atoms with E-state index in [0.29, 0.717) is 11.5 Å². The molecule has 70 valence electrons. The maximum absolute atomic E-state index is 11.6. The van der Waals surface area contributed by atoms with Gasteiger partial charge in [-0.1, -0.05) is 20.8 Å². The predicted octanol–water partition coefficient (Wildman–Crippen LogP) is 1.29. The van der Waals surface area contributed by atoms with E-state index in [1.807, 2.05) is 20.8 Å². The third-order valence-corrected chi connectivity index (χ3v) is 1.59. The number of rotatable bonds is 1. The van der Waals surface area contributed by atoms with Crippen LogP contribution in [0, 0.1) is 5.41 Å². The van der Waals surface area contributed by atoms with Crippen LogP contribution in [0.2, 0.25) is 0 Å². The Morgan fingerprint density at radius 3 is 2.31 bits per heavy atom. The molecular weight excluding hydrogens is 166 g/mol. The normalized spacial score (nSPS) is 11.3. The quantitative estimate of drug-likeness (QED) is 0.659. The van der Waals surface area contributed by atoms with Gasteiger partial charge in [0.05, 0.1) is 12.4 Å². The van der Waals surface area contributed by atoms with Gasteiger partial charge < -0.3 is 5.73 Å². The van der Waals surface area contributed by atoms with Crippen LogP contribution in [0.3, 0.4) is 0 Å². The van der Waals surface area contributed by atoms with E-state index in [4.69, 9.17) is 5.73 Å². The van der Waals surface area contributed by atoms with E-state index in [-0.39, 0.29) is 5.78 Å². The third kappa shape index (κ3) is 2.24. The lowest BCUT2D eigenvalue weighted by Crippen LogP contribution is -2.21. The summed E-state index contributed by atoms with van der Waals surface area (Å²) in [7, 11) is 0. The molecule has 0 unspecified atom stereocenters. The van der Waals surface area contributed by atoms with Gasteiger partial charge in [0.15, 0.2) is 5.78 Å². The van der Waals surface area contributed by atoms with E-state index < -0.39 is 5.41 Å². The summed E-state index contributed by atoms with van der Waals surface area (Å²) in [5.74, 6) is 0.297. The largest absolute Gasteiger partial charge is 0.382 e. The molecular formula is C9H13N3O. The molecule has 0 aliphatic carbocycles. The van der Waals surface area contributed by atoms with Crippen molar-refractivity contribution >= 4 is 11.6 Å². The minimum Gasteiger partial charge on any atom is -0.382 e. The van der Waals surface area contributed by atoms with Crippen molar-refractivity contribution in [3.63, 3.8) is 0 Å². The number of nitrogen functional groups attached to an aromatic ring is 1. The Morgan fingerprint density at radius 1 is 1.31 bits per heavy atom. The molecule has 0 aromatic carbocycles. The Morgan fingerprint density at radius 2 is 1.92 bits per heavy atom. The van der Waals surface area contributed by atoms with Crippen LogP contribution < -0.4 is 5.73 Å². The summed E-state index contributed by atoms with van der Waals surface area (Å²) < 4.78 is 0. The van der Waals surface area contributed by atoms with Crippen molar-refractivity contribution in [1.82, 2.24) is 9.97 Å². The third-order valence-electron chi connectivity index (χ3n) is 1.59. The summed E-state index contributed by atoms with van der Waals surface area (Å²) in [5.41, 5.74) is 5.29. The number of carbonyl (C=O) groups is 1. The smallest absolute Gasteiger partial charge is 0.188 e. The fourth-order valence-electron chi connectivity index (χ4n) is 0.839. The number of nitrogens with zero attached hydrogens (tertiary/aromatic N) is 2. The number of hydrogen-bond donors (Lipinski definition) is 1. The van der Waals surface area contributed by atoms with Crippen molar-refractivity contribution in [2.75, 3.05) is 5.73 Å². The number of ketones is 1. The molecule has 0 fully saturated rings. The van der Waals surface area contributed by atoms with Crippen LogP contribution in [0.5, 0.6) is 0 Å². The van der Waals surface area contributed by atoms with Crippen molar-refractivity contribution in [1.29, 1.82) is 0 Å². The number of nitrogens with two attached hydrogens (primary N) is 1. The van der Waals surface area contributed by atoms with Gasteiger partial charge in [0.2, 0.25) is 0 Å². The summed E-state index contributed by atoms with van der Waals surface area (Å²) in [6.45, 7) is 5.52. The topological polar surface area (TPSA) is 68.9 Å². The number of anilines is 1. The Kier molecular flexibility index (Phi) is 2.32. The number of hydrogen-bond acceptors (Lipinski definition) is 4. The molecule has 1 heterocycles. The maximum atomic E-state index is 11.6. The Bertz CT molecular complexity index is 311. The van der Waals surface area contributed by atoms with Gasteiger partial charge in [-0.2, -0.15) is 0 Å². The molecule has 0 amide bonds. The zero-order valence-corrected chi connectivity index (χ0v) is 8.03. The van der Waals surface area contributed by atoms with Crippen LogP contribution in [0.1, 0.15) is 31.3 Å². The van der Waals surface area contributed by atoms with Crippen LogP contribution in [0.25, 0.3) is 0 Å². The molecule has 0 spiro atoms. The van der Waals surface area contributed by atoms with E-state index >= 15 is 0 Å². The molecule has 4 nitrogen and oxygen atoms in total. The van der Waals surface area contributed by atoms with Gasteiger partial charge >= 0.3 is 0 Å². The molecule has 2 N–H and O–H groups in total. The molecule has 0 aliphatic rings. The van der Waals surface area contributed by atoms with Crippen LogP contribution in [0.4, 0.5) is 5.82 Å². The average molecular weight is 179 g/mol. The molecule has 0 bridgehead atoms. The highest BCUT2D eigenvalue weighted by atomic mass is 16.1. The fourth-order valence-corrected chi connectivity index (χ4v) is 0.839. The molecule has 1 rings (SSSR count). The SMILES string of the molecule is CC(C)(C)C(=O)c1cnc(N)cn1. The van der Waals surface area contributed by atoms with Gasteiger partial charge in [-0.05, 0) is 0 Å². The van der Waals surface area contributed by atoms with E-state index in [0.717, 1.165) is 0 Å². The summed E-state index contributed by atoms with van der Waals surface area (Å²) in [4.78, 5) is 19.3. The number of Topliss-reactive ketones (excluding diaryl/α,β-unsaturated/α-hetero) is 1. The molecule has 0 atom stereocenters. The molecule has 0 aliphatic heterocycles. The van der Waals surface area contributed by atoms with Crippen LogP contribution in [0.15, 0.2) is 12.4 Å². The molecule has 0 saturated carbocycles. The predicted molar refractivity (Wildman–Crippen MR) is 50.2 cm³/mol. The van der Waals surface area contributed by atoms with Crippen molar-refractivity contribution in [2.24, 2.45) is 5.41 Å². The summed E-state index contributed by atoms with van der Waals surface area (Å²) in [6.07, 6.45) is 2.79. The van der Waals surface area contributed by atoms with Gasteiger partial charge in [-0.3, -0.25) is 4.79 Å². The van der Waals surface area contributed by atoms with Crippen molar-refractivity contribution < 1.29 is 4.79 Å². The Hall–Kier alpha value is -1.45. The van der Waals surface area contributed by atoms with Gasteiger partial charge in [0.1, 0.15) is 11.5 Å². The highest BCUT2D eigenvalue weighted by Crippen LogP contribution is 2.18. The highest BCUT2D eigenvalue weighted by molar-refractivity contribution is 5.97. The average Bonchev–Trinajstić information content (AvgIpc) is 2.03. The molecule has 13 heavy (non-hydrogen) atoms. The van der Waals surface area contributed by atoms with Crippen molar-refractivity contribution in [2.45, 2.75) is 20.8 Å². The standard InChI is InChI=1S/C9H13N3O/c1-9(2,3)8(13)6-4-12-7(10)5-11-6/h4-5H,1-3H3,(H2,10,12). The van der Waals surface area contributed by atoms with Gasteiger partial charge in [-0.25, -0.2) is 9.97 Å². The highest BCUT2D eigenvalue weighted by Gasteiger charge is 2.23. The van der Waals surface area contributed by atoms with Crippen LogP contribution in [-0.4, -0.2) is 15.8 Å². The first-order valence-electron chi connectivity index (χ1n) is 4.03. The summed E-state index contributed by atoms with van der Waals surface area (Å²) >= 11 is 0. The first-order chi connectivity index (χ1) is 5.91. The zero-order valence-electron chi connectivity index (χ0n) is 8.03. The second-order valence-electron chi connectivity index (χ2n) is 3.91. The molecule has 0 saturated heterocycles. The summed E-state index contributed by atoms with van der Waals surface area (Å²) in [6, 6.07) is 0. The van der Waals surface area contributed by atoms with Crippen molar-refractivity contribution in [3.05, 3.63) is 18.1 Å². The monoisotopic (exact) mass is 179 g/mol. The first-order valence-corrected chi connectivity index (χ1v) is 4.03. The van der Waals surface area contributed by atoms with Crippen LogP contribution >= 0.6 is 0 Å².